The zero-order valence-corrected chi connectivity index (χ0v) is 29.1. The molecule has 0 bridgehead atoms. The van der Waals surface area contributed by atoms with Gasteiger partial charge in [-0.25, -0.2) is 19.6 Å². The second-order valence-electron chi connectivity index (χ2n) is 14.4. The highest BCUT2D eigenvalue weighted by atomic mass is 16.6. The smallest absolute Gasteiger partial charge is 0.411 e. The number of hydrogen-bond acceptors (Lipinski definition) is 10. The Morgan fingerprint density at radius 1 is 0.680 bits per heavy atom. The maximum absolute atomic E-state index is 12.9. The van der Waals surface area contributed by atoms with Gasteiger partial charge in [-0.15, -0.1) is 0 Å². The summed E-state index contributed by atoms with van der Waals surface area (Å²) in [4.78, 5) is 45.1. The number of ether oxygens (including phenoxy) is 6. The molecule has 2 fully saturated rings. The van der Waals surface area contributed by atoms with Gasteiger partial charge < -0.3 is 38.4 Å². The number of rotatable bonds is 4. The molecular formula is C36H42N6O8. The Labute approximate surface area is 290 Å². The van der Waals surface area contributed by atoms with Gasteiger partial charge in [-0.2, -0.15) is 0 Å². The number of carbonyl (C=O) groups is 2. The van der Waals surface area contributed by atoms with Gasteiger partial charge in [0.25, 0.3) is 0 Å². The molecule has 3 aliphatic heterocycles. The highest BCUT2D eigenvalue weighted by Crippen LogP contribution is 2.47. The third-order valence-corrected chi connectivity index (χ3v) is 8.28. The van der Waals surface area contributed by atoms with Gasteiger partial charge in [0.1, 0.15) is 34.9 Å². The fourth-order valence-electron chi connectivity index (χ4n) is 5.96. The molecule has 2 amide bonds. The molecule has 0 spiro atoms. The number of carbonyl (C=O) groups excluding carboxylic acids is 2. The molecule has 0 saturated carbocycles. The maximum Gasteiger partial charge on any atom is 0.411 e. The van der Waals surface area contributed by atoms with Crippen molar-refractivity contribution in [2.75, 3.05) is 39.5 Å². The summed E-state index contributed by atoms with van der Waals surface area (Å²) < 4.78 is 35.2. The van der Waals surface area contributed by atoms with Crippen molar-refractivity contribution in [3.8, 4) is 45.5 Å². The van der Waals surface area contributed by atoms with Crippen LogP contribution in [0.1, 0.15) is 65.3 Å². The molecule has 5 heterocycles. The molecule has 2 aromatic heterocycles. The largest absolute Gasteiger partial charge is 0.449 e. The van der Waals surface area contributed by atoms with Gasteiger partial charge in [0.05, 0.1) is 50.2 Å². The lowest BCUT2D eigenvalue weighted by atomic mass is 10.1. The summed E-state index contributed by atoms with van der Waals surface area (Å²) >= 11 is 0. The van der Waals surface area contributed by atoms with Gasteiger partial charge >= 0.3 is 12.2 Å². The number of amides is 2. The van der Waals surface area contributed by atoms with Crippen LogP contribution in [0.15, 0.2) is 48.8 Å². The molecule has 3 aliphatic rings. The highest BCUT2D eigenvalue weighted by molar-refractivity contribution is 5.71. The molecule has 2 N–H and O–H groups in total. The van der Waals surface area contributed by atoms with Crippen LogP contribution in [-0.2, 0) is 18.9 Å². The van der Waals surface area contributed by atoms with Gasteiger partial charge in [-0.05, 0) is 77.9 Å². The normalized spacial score (nSPS) is 19.2. The summed E-state index contributed by atoms with van der Waals surface area (Å²) in [6.07, 6.45) is 2.66. The van der Waals surface area contributed by atoms with E-state index in [2.05, 4.69) is 19.9 Å². The standard InChI is InChI=1S/C36H42N6O8/c1-35(2,3)49-33(43)41-11-13-45-19-25(41)31-37-17-23(39-31)21-7-9-27-29(15-21)47-28-10-8-22(16-30(28)48-27)24-18-38-32(40-24)26-20-46-14-12-42(26)34(44)50-36(4,5)6/h7-10,15-18,25-26H,11-14,19-20H2,1-6H3,(H,37,39)(H,38,40). The molecule has 2 atom stereocenters. The number of aromatic amines is 2. The number of aromatic nitrogens is 4. The topological polar surface area (TPSA) is 153 Å². The third-order valence-electron chi connectivity index (χ3n) is 8.28. The van der Waals surface area contributed by atoms with E-state index in [4.69, 9.17) is 28.4 Å². The number of imidazole rings is 2. The third kappa shape index (κ3) is 7.12. The highest BCUT2D eigenvalue weighted by Gasteiger charge is 2.35. The monoisotopic (exact) mass is 686 g/mol. The summed E-state index contributed by atoms with van der Waals surface area (Å²) in [6, 6.07) is 10.5. The van der Waals surface area contributed by atoms with Crippen LogP contribution in [0.2, 0.25) is 0 Å². The van der Waals surface area contributed by atoms with Crippen LogP contribution in [0, 0.1) is 0 Å². The van der Waals surface area contributed by atoms with Gasteiger partial charge in [0.2, 0.25) is 0 Å². The Morgan fingerprint density at radius 2 is 1.10 bits per heavy atom. The summed E-state index contributed by atoms with van der Waals surface area (Å²) in [5, 5.41) is 0. The number of benzene rings is 2. The molecular weight excluding hydrogens is 644 g/mol. The molecule has 2 aromatic carbocycles. The minimum absolute atomic E-state index is 0.311. The van der Waals surface area contributed by atoms with E-state index in [0.717, 1.165) is 22.5 Å². The number of morpholine rings is 2. The minimum atomic E-state index is -0.611. The maximum atomic E-state index is 12.9. The van der Waals surface area contributed by atoms with E-state index in [1.165, 1.54) is 0 Å². The Bertz CT molecular complexity index is 1750. The number of H-pyrrole nitrogens is 2. The van der Waals surface area contributed by atoms with Crippen LogP contribution in [0.3, 0.4) is 0 Å². The molecule has 264 valence electrons. The van der Waals surface area contributed by atoms with E-state index in [0.29, 0.717) is 74.2 Å². The van der Waals surface area contributed by atoms with Gasteiger partial charge in [-0.1, -0.05) is 0 Å². The van der Waals surface area contributed by atoms with E-state index < -0.39 is 35.5 Å². The zero-order chi connectivity index (χ0) is 35.2. The van der Waals surface area contributed by atoms with Crippen molar-refractivity contribution in [3.63, 3.8) is 0 Å². The van der Waals surface area contributed by atoms with Crippen molar-refractivity contribution in [1.82, 2.24) is 29.7 Å². The van der Waals surface area contributed by atoms with Crippen LogP contribution < -0.4 is 9.47 Å². The van der Waals surface area contributed by atoms with E-state index in [-0.39, 0.29) is 0 Å². The van der Waals surface area contributed by atoms with Crippen molar-refractivity contribution >= 4 is 12.2 Å². The van der Waals surface area contributed by atoms with Crippen LogP contribution in [-0.4, -0.2) is 92.6 Å². The molecule has 4 aromatic rings. The lowest BCUT2D eigenvalue weighted by molar-refractivity contribution is -0.0352. The van der Waals surface area contributed by atoms with Crippen LogP contribution >= 0.6 is 0 Å². The van der Waals surface area contributed by atoms with Crippen molar-refractivity contribution in [3.05, 3.63) is 60.4 Å². The number of nitrogens with one attached hydrogen (secondary N) is 2. The Kier molecular flexibility index (Phi) is 8.68. The Hall–Kier alpha value is -5.08. The average molecular weight is 687 g/mol. The fourth-order valence-corrected chi connectivity index (χ4v) is 5.96. The number of hydrogen-bond donors (Lipinski definition) is 2. The van der Waals surface area contributed by atoms with Gasteiger partial charge in [-0.3, -0.25) is 9.80 Å². The van der Waals surface area contributed by atoms with Crippen LogP contribution in [0.4, 0.5) is 9.59 Å². The first kappa shape index (κ1) is 33.4. The number of nitrogens with zero attached hydrogens (tertiary/aromatic N) is 4. The van der Waals surface area contributed by atoms with E-state index in [1.807, 2.05) is 77.9 Å². The summed E-state index contributed by atoms with van der Waals surface area (Å²) in [5.74, 6) is 3.44. The lowest BCUT2D eigenvalue weighted by Crippen LogP contribution is -2.46. The second kappa shape index (κ2) is 13.0. The molecule has 0 aliphatic carbocycles. The summed E-state index contributed by atoms with van der Waals surface area (Å²) in [5.41, 5.74) is 1.96. The van der Waals surface area contributed by atoms with Crippen molar-refractivity contribution in [1.29, 1.82) is 0 Å². The van der Waals surface area contributed by atoms with Crippen molar-refractivity contribution in [2.24, 2.45) is 0 Å². The first-order valence-corrected chi connectivity index (χ1v) is 16.7. The van der Waals surface area contributed by atoms with Gasteiger partial charge in [0, 0.05) is 24.2 Å². The molecule has 14 nitrogen and oxygen atoms in total. The summed E-state index contributed by atoms with van der Waals surface area (Å²) in [7, 11) is 0. The van der Waals surface area contributed by atoms with E-state index in [9.17, 15) is 9.59 Å². The predicted octanol–water partition coefficient (Wildman–Crippen LogP) is 6.98. The first-order chi connectivity index (χ1) is 23.8. The summed E-state index contributed by atoms with van der Waals surface area (Å²) in [6.45, 7) is 13.4. The van der Waals surface area contributed by atoms with Crippen LogP contribution in [0.5, 0.6) is 23.0 Å². The van der Waals surface area contributed by atoms with Crippen molar-refractivity contribution < 1.29 is 38.0 Å². The number of fused-ring (bicyclic) bond motifs is 2. The van der Waals surface area contributed by atoms with Crippen molar-refractivity contribution in [2.45, 2.75) is 64.8 Å². The fraction of sp³-hybridized carbons (Fsp3) is 0.444. The quantitative estimate of drug-likeness (QED) is 0.202. The Morgan fingerprint density at radius 3 is 1.50 bits per heavy atom. The first-order valence-electron chi connectivity index (χ1n) is 16.7. The minimum Gasteiger partial charge on any atom is -0.449 e. The van der Waals surface area contributed by atoms with Gasteiger partial charge in [0.15, 0.2) is 23.0 Å². The molecule has 7 rings (SSSR count). The molecule has 2 saturated heterocycles. The van der Waals surface area contributed by atoms with E-state index in [1.54, 1.807) is 22.2 Å². The molecule has 0 radical (unpaired) electrons. The van der Waals surface area contributed by atoms with Crippen LogP contribution in [0.25, 0.3) is 22.5 Å². The molecule has 2 unspecified atom stereocenters. The molecule has 14 heteroatoms. The molecule has 50 heavy (non-hydrogen) atoms. The predicted molar refractivity (Wildman–Crippen MR) is 181 cm³/mol. The second-order valence-corrected chi connectivity index (χ2v) is 14.4. The lowest BCUT2D eigenvalue weighted by Gasteiger charge is -2.35. The average Bonchev–Trinajstić information content (AvgIpc) is 3.77. The van der Waals surface area contributed by atoms with E-state index >= 15 is 0 Å². The Balaban J connectivity index is 1.06. The zero-order valence-electron chi connectivity index (χ0n) is 29.1. The SMILES string of the molecule is CC(C)(C)OC(=O)N1CCOCC1c1ncc(-c2ccc3c(c2)Oc2ccc(-c4cnc(C5COCCN5C(=O)OC(C)(C)C)[nH]4)cc2O3)[nH]1.